The van der Waals surface area contributed by atoms with Gasteiger partial charge in [0.2, 0.25) is 5.91 Å². The molecule has 0 radical (unpaired) electrons. The lowest BCUT2D eigenvalue weighted by Crippen LogP contribution is -2.40. The molecule has 1 N–H and O–H groups in total. The van der Waals surface area contributed by atoms with Crippen LogP contribution in [0.1, 0.15) is 61.0 Å². The van der Waals surface area contributed by atoms with Crippen molar-refractivity contribution in [3.63, 3.8) is 0 Å². The smallest absolute Gasteiger partial charge is 0.307 e. The van der Waals surface area contributed by atoms with Crippen molar-refractivity contribution in [1.29, 1.82) is 0 Å². The van der Waals surface area contributed by atoms with Gasteiger partial charge in [0.1, 0.15) is 6.04 Å². The molecular formula is C31H40N4O4. The summed E-state index contributed by atoms with van der Waals surface area (Å²) in [5.41, 5.74) is 5.55. The fourth-order valence-corrected chi connectivity index (χ4v) is 4.87. The summed E-state index contributed by atoms with van der Waals surface area (Å²) >= 11 is 0. The molecule has 3 aromatic rings. The highest BCUT2D eigenvalue weighted by Gasteiger charge is 2.27. The molecule has 2 atom stereocenters. The number of rotatable bonds is 11. The number of carbonyl (C=O) groups excluding carboxylic acids is 2. The van der Waals surface area contributed by atoms with Crippen LogP contribution in [0, 0.1) is 19.8 Å². The number of pyridine rings is 2. The van der Waals surface area contributed by atoms with Crippen LogP contribution in [0.4, 0.5) is 0 Å². The van der Waals surface area contributed by atoms with Gasteiger partial charge in [-0.05, 0) is 74.2 Å². The highest BCUT2D eigenvalue weighted by Crippen LogP contribution is 2.30. The Morgan fingerprint density at radius 2 is 1.77 bits per heavy atom. The molecule has 0 bridgehead atoms. The topological polar surface area (TPSA) is 93.5 Å². The zero-order chi connectivity index (χ0) is 28.7. The molecular weight excluding hydrogens is 492 g/mol. The fraction of sp³-hybridized carbons (Fsp3) is 0.419. The summed E-state index contributed by atoms with van der Waals surface area (Å²) in [5.74, 6) is -0.638. The molecule has 0 saturated carbocycles. The van der Waals surface area contributed by atoms with Crippen LogP contribution < -0.4 is 10.9 Å². The van der Waals surface area contributed by atoms with Crippen LogP contribution in [0.3, 0.4) is 0 Å². The molecule has 0 fully saturated rings. The van der Waals surface area contributed by atoms with Gasteiger partial charge in [-0.1, -0.05) is 38.1 Å². The lowest BCUT2D eigenvalue weighted by molar-refractivity contribution is -0.141. The largest absolute Gasteiger partial charge is 0.469 e. The van der Waals surface area contributed by atoms with E-state index in [1.54, 1.807) is 24.7 Å². The van der Waals surface area contributed by atoms with Crippen LogP contribution in [-0.4, -0.2) is 47.5 Å². The molecule has 1 aromatic carbocycles. The van der Waals surface area contributed by atoms with Gasteiger partial charge in [0.25, 0.3) is 5.56 Å². The Morgan fingerprint density at radius 3 is 2.38 bits per heavy atom. The lowest BCUT2D eigenvalue weighted by atomic mass is 9.94. The molecule has 0 saturated heterocycles. The monoisotopic (exact) mass is 532 g/mol. The molecule has 8 heteroatoms. The lowest BCUT2D eigenvalue weighted by Gasteiger charge is -2.26. The van der Waals surface area contributed by atoms with Crippen molar-refractivity contribution in [2.24, 2.45) is 5.92 Å². The van der Waals surface area contributed by atoms with Crippen molar-refractivity contribution in [2.75, 3.05) is 21.2 Å². The third kappa shape index (κ3) is 7.86. The maximum atomic E-state index is 13.8. The minimum atomic E-state index is -0.741. The average molecular weight is 533 g/mol. The highest BCUT2D eigenvalue weighted by molar-refractivity contribution is 5.82. The normalized spacial score (nSPS) is 12.8. The van der Waals surface area contributed by atoms with Gasteiger partial charge in [-0.2, -0.15) is 0 Å². The van der Waals surface area contributed by atoms with Crippen LogP contribution in [-0.2, 0) is 20.9 Å². The summed E-state index contributed by atoms with van der Waals surface area (Å²) < 4.78 is 6.46. The van der Waals surface area contributed by atoms with E-state index in [0.717, 1.165) is 27.8 Å². The van der Waals surface area contributed by atoms with Gasteiger partial charge in [0.05, 0.1) is 19.6 Å². The fourth-order valence-electron chi connectivity index (χ4n) is 4.87. The highest BCUT2D eigenvalue weighted by atomic mass is 16.5. The van der Waals surface area contributed by atoms with Crippen molar-refractivity contribution < 1.29 is 14.3 Å². The quantitative estimate of drug-likeness (QED) is 0.363. The van der Waals surface area contributed by atoms with E-state index in [1.165, 1.54) is 17.7 Å². The Balaban J connectivity index is 2.01. The minimum absolute atomic E-state index is 0.0654. The molecule has 0 aliphatic heterocycles. The minimum Gasteiger partial charge on any atom is -0.469 e. The Hall–Kier alpha value is -3.78. The number of ether oxygens (including phenoxy) is 1. The molecule has 39 heavy (non-hydrogen) atoms. The summed E-state index contributed by atoms with van der Waals surface area (Å²) in [6, 6.07) is 9.92. The Bertz CT molecular complexity index is 1340. The summed E-state index contributed by atoms with van der Waals surface area (Å²) in [6.45, 7) is 8.75. The molecule has 2 aromatic heterocycles. The number of nitrogens with zero attached hydrogens (tertiary/aromatic N) is 3. The SMILES string of the molecule is COC(=O)C[C@H](NC(=O)[C@H](CC(C)C)n1cc(CN(C)C)ccc1=O)c1cncc(-c2c(C)cccc2C)c1. The summed E-state index contributed by atoms with van der Waals surface area (Å²) in [5, 5.41) is 3.05. The van der Waals surface area contributed by atoms with E-state index in [9.17, 15) is 14.4 Å². The standard InChI is InChI=1S/C31H40N4O4/c1-20(2)13-27(35-19-23(18-34(5)6)11-12-28(35)36)31(38)33-26(15-29(37)39-7)24-14-25(17-32-16-24)30-21(3)9-8-10-22(30)4/h8-12,14,16-17,19-20,26-27H,13,15,18H2,1-7H3,(H,33,38)/t26-,27-/m0/s1. The molecule has 208 valence electrons. The van der Waals surface area contributed by atoms with Gasteiger partial charge in [-0.25, -0.2) is 0 Å². The first kappa shape index (κ1) is 29.8. The molecule has 2 heterocycles. The third-order valence-corrected chi connectivity index (χ3v) is 6.68. The van der Waals surface area contributed by atoms with Gasteiger partial charge < -0.3 is 19.5 Å². The van der Waals surface area contributed by atoms with Gasteiger partial charge in [-0.3, -0.25) is 19.4 Å². The van der Waals surface area contributed by atoms with Crippen molar-refractivity contribution in [3.05, 3.63) is 87.6 Å². The van der Waals surface area contributed by atoms with Crippen LogP contribution in [0.15, 0.2) is 59.8 Å². The Morgan fingerprint density at radius 1 is 1.08 bits per heavy atom. The Labute approximate surface area is 231 Å². The van der Waals surface area contributed by atoms with E-state index in [1.807, 2.05) is 71.0 Å². The van der Waals surface area contributed by atoms with Crippen LogP contribution in [0.5, 0.6) is 0 Å². The van der Waals surface area contributed by atoms with E-state index in [4.69, 9.17) is 4.74 Å². The van der Waals surface area contributed by atoms with Crippen LogP contribution >= 0.6 is 0 Å². The van der Waals surface area contributed by atoms with E-state index in [2.05, 4.69) is 10.3 Å². The predicted molar refractivity (Wildman–Crippen MR) is 153 cm³/mol. The molecule has 1 amide bonds. The molecule has 8 nitrogen and oxygen atoms in total. The zero-order valence-corrected chi connectivity index (χ0v) is 24.0. The summed E-state index contributed by atoms with van der Waals surface area (Å²) in [6.07, 6.45) is 5.60. The number of nitrogens with one attached hydrogen (secondary N) is 1. The zero-order valence-electron chi connectivity index (χ0n) is 24.0. The van der Waals surface area contributed by atoms with Gasteiger partial charge in [0.15, 0.2) is 0 Å². The van der Waals surface area contributed by atoms with E-state index in [-0.39, 0.29) is 23.8 Å². The van der Waals surface area contributed by atoms with Crippen molar-refractivity contribution >= 4 is 11.9 Å². The van der Waals surface area contributed by atoms with E-state index in [0.29, 0.717) is 18.5 Å². The van der Waals surface area contributed by atoms with Crippen molar-refractivity contribution in [3.8, 4) is 11.1 Å². The molecule has 3 rings (SSSR count). The number of esters is 1. The molecule has 0 aliphatic rings. The van der Waals surface area contributed by atoms with Crippen molar-refractivity contribution in [1.82, 2.24) is 19.8 Å². The third-order valence-electron chi connectivity index (χ3n) is 6.68. The van der Waals surface area contributed by atoms with Crippen molar-refractivity contribution in [2.45, 2.75) is 59.2 Å². The molecule has 0 spiro atoms. The van der Waals surface area contributed by atoms with Crippen LogP contribution in [0.25, 0.3) is 11.1 Å². The Kier molecular flexibility index (Phi) is 10.2. The maximum absolute atomic E-state index is 13.8. The second-order valence-corrected chi connectivity index (χ2v) is 10.8. The summed E-state index contributed by atoms with van der Waals surface area (Å²) in [4.78, 5) is 45.6. The van der Waals surface area contributed by atoms with Crippen LogP contribution in [0.2, 0.25) is 0 Å². The number of hydrogen-bond donors (Lipinski definition) is 1. The maximum Gasteiger partial charge on any atom is 0.307 e. The molecule has 0 aliphatic carbocycles. The number of hydrogen-bond acceptors (Lipinski definition) is 6. The number of carbonyl (C=O) groups is 2. The van der Waals surface area contributed by atoms with E-state index < -0.39 is 18.1 Å². The predicted octanol–water partition coefficient (Wildman–Crippen LogP) is 4.60. The van der Waals surface area contributed by atoms with Gasteiger partial charge >= 0.3 is 5.97 Å². The second-order valence-electron chi connectivity index (χ2n) is 10.8. The second kappa shape index (κ2) is 13.3. The first-order valence-corrected chi connectivity index (χ1v) is 13.2. The van der Waals surface area contributed by atoms with E-state index >= 15 is 0 Å². The molecule has 0 unspecified atom stereocenters. The number of aryl methyl sites for hydroxylation is 2. The number of amides is 1. The van der Waals surface area contributed by atoms with Gasteiger partial charge in [0, 0.05) is 36.8 Å². The average Bonchev–Trinajstić information content (AvgIpc) is 2.87. The summed E-state index contributed by atoms with van der Waals surface area (Å²) in [7, 11) is 5.22. The van der Waals surface area contributed by atoms with Gasteiger partial charge in [-0.15, -0.1) is 0 Å². The first-order chi connectivity index (χ1) is 18.5. The first-order valence-electron chi connectivity index (χ1n) is 13.2. The number of benzene rings is 1. The number of aromatic nitrogens is 2. The number of methoxy groups -OCH3 is 1.